The van der Waals surface area contributed by atoms with E-state index < -0.39 is 12.8 Å². The third kappa shape index (κ3) is 2.10. The second-order valence-electron chi connectivity index (χ2n) is 2.28. The first kappa shape index (κ1) is 3.65. The van der Waals surface area contributed by atoms with Crippen molar-refractivity contribution in [2.75, 3.05) is 0 Å². The maximum absolute atomic E-state index is 11.1. The van der Waals surface area contributed by atoms with Gasteiger partial charge in [0.2, 0.25) is 0 Å². The van der Waals surface area contributed by atoms with Crippen LogP contribution >= 0.6 is 0 Å². The van der Waals surface area contributed by atoms with Crippen molar-refractivity contribution in [3.8, 4) is 0 Å². The molecular weight excluding hydrogens is 100 g/mol. The lowest BCUT2D eigenvalue weighted by Gasteiger charge is -2.05. The molecule has 0 aromatic rings. The molecule has 0 rings (SSSR count). The van der Waals surface area contributed by atoms with Gasteiger partial charge in [0.1, 0.15) is 5.78 Å². The smallest absolute Gasteiger partial charge is 0.137 e. The van der Waals surface area contributed by atoms with Crippen LogP contribution in [0.1, 0.15) is 31.7 Å². The lowest BCUT2D eigenvalue weighted by Crippen LogP contribution is -2.13. The number of hydrogen-bond acceptors (Lipinski definition) is 1. The maximum atomic E-state index is 11.1. The Morgan fingerprint density at radius 3 is 2.00 bits per heavy atom. The zero-order chi connectivity index (χ0) is 9.23. The van der Waals surface area contributed by atoms with Gasteiger partial charge in [0.25, 0.3) is 0 Å². The molecule has 0 N–H and O–H groups in total. The van der Waals surface area contributed by atoms with E-state index in [-0.39, 0.29) is 11.7 Å². The number of hydrogen-bond donors (Lipinski definition) is 0. The minimum absolute atomic E-state index is 0.189. The third-order valence-corrected chi connectivity index (χ3v) is 0.996. The normalized spacial score (nSPS) is 21.2. The fourth-order valence-electron chi connectivity index (χ4n) is 0.500. The largest absolute Gasteiger partial charge is 0.299 e. The lowest BCUT2D eigenvalue weighted by molar-refractivity contribution is -0.124. The average Bonchev–Trinajstić information content (AvgIpc) is 1.82. The van der Waals surface area contributed by atoms with Gasteiger partial charge in [-0.1, -0.05) is 27.6 Å². The second-order valence-corrected chi connectivity index (χ2v) is 2.28. The van der Waals surface area contributed by atoms with Crippen molar-refractivity contribution >= 4 is 5.78 Å². The molecule has 1 atom stereocenters. The molecule has 0 aromatic heterocycles. The van der Waals surface area contributed by atoms with E-state index in [9.17, 15) is 4.79 Å². The molecule has 0 saturated carbocycles. The Hall–Kier alpha value is -0.330. The number of Topliss-reactive ketones (excluding diaryl/α,β-unsaturated/α-hetero) is 1. The summed E-state index contributed by atoms with van der Waals surface area (Å²) in [6.07, 6.45) is 0. The summed E-state index contributed by atoms with van der Waals surface area (Å²) in [5.74, 6) is -1.21. The Labute approximate surface area is 55.3 Å². The Balaban J connectivity index is 4.26. The van der Waals surface area contributed by atoms with Gasteiger partial charge in [-0.25, -0.2) is 0 Å². The zero-order valence-corrected chi connectivity index (χ0v) is 5.56. The van der Waals surface area contributed by atoms with Crippen LogP contribution in [0.15, 0.2) is 0 Å². The van der Waals surface area contributed by atoms with E-state index >= 15 is 0 Å². The van der Waals surface area contributed by atoms with Crippen molar-refractivity contribution in [3.05, 3.63) is 0 Å². The van der Waals surface area contributed by atoms with Gasteiger partial charge in [0, 0.05) is 15.9 Å². The summed E-state index contributed by atoms with van der Waals surface area (Å²) in [4.78, 5) is 11.1. The molecule has 1 heteroatoms. The van der Waals surface area contributed by atoms with Gasteiger partial charge in [-0.2, -0.15) is 0 Å². The van der Waals surface area contributed by atoms with Gasteiger partial charge >= 0.3 is 0 Å². The number of ketones is 1. The van der Waals surface area contributed by atoms with Crippen LogP contribution in [-0.4, -0.2) is 5.78 Å². The van der Waals surface area contributed by atoms with Crippen molar-refractivity contribution in [2.45, 2.75) is 27.6 Å². The molecule has 0 spiro atoms. The first-order valence-corrected chi connectivity index (χ1v) is 2.80. The molecule has 0 aliphatic carbocycles. The zero-order valence-electron chi connectivity index (χ0n) is 8.56. The summed E-state index contributed by atoms with van der Waals surface area (Å²) >= 11 is 0. The molecule has 0 aliphatic heterocycles. The SMILES string of the molecule is [2H]C([2H])([2H])C(C)C(=O)C(C)C. The van der Waals surface area contributed by atoms with Gasteiger partial charge in [-0.3, -0.25) is 4.79 Å². The molecule has 48 valence electrons. The fraction of sp³-hybridized carbons (Fsp3) is 0.857. The number of carbonyl (C=O) groups is 1. The van der Waals surface area contributed by atoms with Crippen LogP contribution in [0.3, 0.4) is 0 Å². The molecule has 0 saturated heterocycles. The Bertz CT molecular complexity index is 148. The van der Waals surface area contributed by atoms with E-state index in [4.69, 9.17) is 4.11 Å². The molecule has 1 unspecified atom stereocenters. The molecular formula is C7H14O. The Morgan fingerprint density at radius 2 is 1.88 bits per heavy atom. The summed E-state index contributed by atoms with van der Waals surface area (Å²) in [6.45, 7) is 2.74. The molecule has 0 bridgehead atoms. The molecule has 8 heavy (non-hydrogen) atoms. The lowest BCUT2D eigenvalue weighted by atomic mass is 9.99. The molecule has 0 amide bonds. The number of rotatable bonds is 2. The summed E-state index contributed by atoms with van der Waals surface area (Å²) in [5.41, 5.74) is 0. The summed E-state index contributed by atoms with van der Waals surface area (Å²) < 4.78 is 20.9. The second kappa shape index (κ2) is 2.85. The van der Waals surface area contributed by atoms with Gasteiger partial charge in [-0.05, 0) is 0 Å². The molecule has 0 aromatic carbocycles. The Kier molecular flexibility index (Phi) is 1.30. The molecule has 0 radical (unpaired) electrons. The highest BCUT2D eigenvalue weighted by Crippen LogP contribution is 2.03. The predicted octanol–water partition coefficient (Wildman–Crippen LogP) is 1.87. The quantitative estimate of drug-likeness (QED) is 0.539. The van der Waals surface area contributed by atoms with Crippen LogP contribution in [0.2, 0.25) is 0 Å². The van der Waals surface area contributed by atoms with Crippen molar-refractivity contribution in [1.82, 2.24) is 0 Å². The van der Waals surface area contributed by atoms with E-state index in [0.29, 0.717) is 0 Å². The highest BCUT2D eigenvalue weighted by atomic mass is 16.1. The van der Waals surface area contributed by atoms with Crippen LogP contribution in [0.5, 0.6) is 0 Å². The van der Waals surface area contributed by atoms with E-state index in [1.807, 2.05) is 0 Å². The van der Waals surface area contributed by atoms with Crippen molar-refractivity contribution < 1.29 is 8.91 Å². The van der Waals surface area contributed by atoms with Crippen molar-refractivity contribution in [2.24, 2.45) is 11.8 Å². The van der Waals surface area contributed by atoms with E-state index in [1.165, 1.54) is 6.92 Å². The standard InChI is InChI=1S/C7H14O/c1-5(2)7(8)6(3)4/h5-6H,1-4H3/i1D3. The minimum atomic E-state index is -2.14. The topological polar surface area (TPSA) is 17.1 Å². The van der Waals surface area contributed by atoms with E-state index in [2.05, 4.69) is 0 Å². The van der Waals surface area contributed by atoms with Gasteiger partial charge < -0.3 is 0 Å². The minimum Gasteiger partial charge on any atom is -0.299 e. The molecule has 1 nitrogen and oxygen atoms in total. The van der Waals surface area contributed by atoms with Crippen LogP contribution in [0, 0.1) is 11.8 Å². The fourth-order valence-corrected chi connectivity index (χ4v) is 0.500. The van der Waals surface area contributed by atoms with Gasteiger partial charge in [-0.15, -0.1) is 0 Å². The van der Waals surface area contributed by atoms with Crippen LogP contribution in [-0.2, 0) is 4.79 Å². The highest BCUT2D eigenvalue weighted by Gasteiger charge is 2.09. The third-order valence-electron chi connectivity index (χ3n) is 0.996. The average molecular weight is 117 g/mol. The first-order chi connectivity index (χ1) is 4.76. The van der Waals surface area contributed by atoms with Crippen molar-refractivity contribution in [3.63, 3.8) is 0 Å². The molecule has 0 aliphatic rings. The van der Waals surface area contributed by atoms with E-state index in [0.717, 1.165) is 0 Å². The van der Waals surface area contributed by atoms with Gasteiger partial charge in [0.05, 0.1) is 0 Å². The Morgan fingerprint density at radius 1 is 1.38 bits per heavy atom. The monoisotopic (exact) mass is 117 g/mol. The summed E-state index contributed by atoms with van der Waals surface area (Å²) in [5, 5.41) is 0. The molecule has 0 heterocycles. The number of carbonyl (C=O) groups excluding carboxylic acids is 1. The van der Waals surface area contributed by atoms with E-state index in [1.54, 1.807) is 13.8 Å². The summed E-state index contributed by atoms with van der Waals surface area (Å²) in [7, 11) is 0. The van der Waals surface area contributed by atoms with Crippen LogP contribution in [0.25, 0.3) is 0 Å². The predicted molar refractivity (Wildman–Crippen MR) is 34.7 cm³/mol. The maximum Gasteiger partial charge on any atom is 0.137 e. The highest BCUT2D eigenvalue weighted by molar-refractivity contribution is 5.81. The van der Waals surface area contributed by atoms with Crippen LogP contribution in [0.4, 0.5) is 0 Å². The van der Waals surface area contributed by atoms with Crippen LogP contribution < -0.4 is 0 Å². The molecule has 0 fully saturated rings. The summed E-state index contributed by atoms with van der Waals surface area (Å²) in [6, 6.07) is 0. The van der Waals surface area contributed by atoms with Crippen molar-refractivity contribution in [1.29, 1.82) is 0 Å². The van der Waals surface area contributed by atoms with Gasteiger partial charge in [0.15, 0.2) is 0 Å². The first-order valence-electron chi connectivity index (χ1n) is 4.30.